The van der Waals surface area contributed by atoms with Crippen LogP contribution in [0.1, 0.15) is 56.5 Å². The van der Waals surface area contributed by atoms with Crippen molar-refractivity contribution in [3.8, 4) is 5.88 Å². The van der Waals surface area contributed by atoms with Crippen molar-refractivity contribution >= 4 is 5.97 Å². The van der Waals surface area contributed by atoms with Gasteiger partial charge in [-0.3, -0.25) is 4.79 Å². The Bertz CT molecular complexity index is 682. The van der Waals surface area contributed by atoms with Crippen LogP contribution in [-0.2, 0) is 20.4 Å². The van der Waals surface area contributed by atoms with Gasteiger partial charge in [0.25, 0.3) is 0 Å². The van der Waals surface area contributed by atoms with Gasteiger partial charge in [-0.25, -0.2) is 4.98 Å². The summed E-state index contributed by atoms with van der Waals surface area (Å²) in [5.41, 5.74) is -0.211. The quantitative estimate of drug-likeness (QED) is 0.826. The van der Waals surface area contributed by atoms with E-state index >= 15 is 0 Å². The molecule has 1 saturated carbocycles. The second-order valence-corrected chi connectivity index (χ2v) is 6.68. The monoisotopic (exact) mass is 390 g/mol. The molecule has 0 amide bonds. The van der Waals surface area contributed by atoms with Gasteiger partial charge in [-0.15, -0.1) is 0 Å². The van der Waals surface area contributed by atoms with Crippen molar-refractivity contribution in [1.29, 1.82) is 0 Å². The molecule has 27 heavy (non-hydrogen) atoms. The molecule has 0 bridgehead atoms. The second-order valence-electron chi connectivity index (χ2n) is 6.68. The van der Waals surface area contributed by atoms with Crippen molar-refractivity contribution in [1.82, 2.24) is 9.97 Å². The number of carboxylic acid groups (broad SMARTS) is 1. The summed E-state index contributed by atoms with van der Waals surface area (Å²) in [5.74, 6) is -4.67. The van der Waals surface area contributed by atoms with Gasteiger partial charge in [-0.05, 0) is 19.3 Å². The molecule has 150 valence electrons. The second kappa shape index (κ2) is 7.59. The molecule has 0 radical (unpaired) electrons. The fourth-order valence-corrected chi connectivity index (χ4v) is 3.42. The van der Waals surface area contributed by atoms with Gasteiger partial charge < -0.3 is 19.3 Å². The molecular weight excluding hydrogens is 369 g/mol. The molecular formula is C17H21F3N2O5. The number of ether oxygens (including phenoxy) is 3. The molecule has 2 fully saturated rings. The molecule has 1 spiro atoms. The van der Waals surface area contributed by atoms with Crippen LogP contribution in [0.5, 0.6) is 5.88 Å². The van der Waals surface area contributed by atoms with Crippen molar-refractivity contribution in [2.24, 2.45) is 0 Å². The van der Waals surface area contributed by atoms with Crippen molar-refractivity contribution in [3.05, 3.63) is 17.6 Å². The summed E-state index contributed by atoms with van der Waals surface area (Å²) in [7, 11) is 0. The maximum atomic E-state index is 13.1. The van der Waals surface area contributed by atoms with Gasteiger partial charge in [0.2, 0.25) is 11.7 Å². The van der Waals surface area contributed by atoms with Crippen LogP contribution in [0, 0.1) is 0 Å². The van der Waals surface area contributed by atoms with E-state index in [0.717, 1.165) is 0 Å². The number of aliphatic carboxylic acids is 1. The van der Waals surface area contributed by atoms with Gasteiger partial charge in [0.05, 0.1) is 24.8 Å². The molecule has 2 aliphatic rings. The van der Waals surface area contributed by atoms with Crippen molar-refractivity contribution in [2.75, 3.05) is 13.2 Å². The van der Waals surface area contributed by atoms with Gasteiger partial charge >= 0.3 is 12.1 Å². The highest BCUT2D eigenvalue weighted by Gasteiger charge is 2.41. The van der Waals surface area contributed by atoms with Crippen molar-refractivity contribution < 1.29 is 37.3 Å². The maximum Gasteiger partial charge on any atom is 0.451 e. The van der Waals surface area contributed by atoms with Crippen LogP contribution >= 0.6 is 0 Å². The highest BCUT2D eigenvalue weighted by molar-refractivity contribution is 5.75. The van der Waals surface area contributed by atoms with Crippen LogP contribution < -0.4 is 4.74 Å². The Morgan fingerprint density at radius 2 is 1.96 bits per heavy atom. The van der Waals surface area contributed by atoms with Gasteiger partial charge in [0, 0.05) is 18.9 Å². The number of halogens is 3. The Morgan fingerprint density at radius 1 is 1.33 bits per heavy atom. The lowest BCUT2D eigenvalue weighted by Gasteiger charge is -2.35. The zero-order chi connectivity index (χ0) is 19.7. The average molecular weight is 390 g/mol. The molecule has 1 atom stereocenters. The largest absolute Gasteiger partial charge is 0.481 e. The Labute approximate surface area is 153 Å². The minimum atomic E-state index is -4.80. The maximum absolute atomic E-state index is 13.1. The fourth-order valence-electron chi connectivity index (χ4n) is 3.42. The van der Waals surface area contributed by atoms with Gasteiger partial charge in [-0.1, -0.05) is 6.92 Å². The van der Waals surface area contributed by atoms with E-state index < -0.39 is 29.7 Å². The molecule has 1 aromatic heterocycles. The predicted octanol–water partition coefficient (Wildman–Crippen LogP) is 3.14. The summed E-state index contributed by atoms with van der Waals surface area (Å²) in [5, 5.41) is 9.24. The number of aromatic nitrogens is 2. The minimum Gasteiger partial charge on any atom is -0.481 e. The fraction of sp³-hybridized carbons (Fsp3) is 0.706. The first-order valence-electron chi connectivity index (χ1n) is 8.86. The Kier molecular flexibility index (Phi) is 5.57. The molecule has 0 aromatic carbocycles. The number of rotatable bonds is 5. The first-order valence-corrected chi connectivity index (χ1v) is 8.86. The SMILES string of the molecule is CCC(C(=O)O)c1cc(OC2CCC3(CC2)OCCO3)nc(C(F)(F)F)n1. The third-order valence-corrected chi connectivity index (χ3v) is 4.83. The zero-order valence-electron chi connectivity index (χ0n) is 14.8. The van der Waals surface area contributed by atoms with Crippen LogP contribution in [0.2, 0.25) is 0 Å². The molecule has 2 heterocycles. The molecule has 10 heteroatoms. The Hall–Kier alpha value is -1.94. The van der Waals surface area contributed by atoms with E-state index in [0.29, 0.717) is 38.9 Å². The van der Waals surface area contributed by atoms with E-state index in [2.05, 4.69) is 9.97 Å². The average Bonchev–Trinajstić information content (AvgIpc) is 3.05. The van der Waals surface area contributed by atoms with E-state index in [9.17, 15) is 23.1 Å². The minimum absolute atomic E-state index is 0.101. The van der Waals surface area contributed by atoms with Crippen molar-refractivity contribution in [2.45, 2.75) is 63.0 Å². The standard InChI is InChI=1S/C17H21F3N2O5/c1-2-11(14(23)24)12-9-13(22-15(21-12)17(18,19)20)27-10-3-5-16(6-4-10)25-7-8-26-16/h9-11H,2-8H2,1H3,(H,23,24). The molecule has 1 aliphatic heterocycles. The van der Waals surface area contributed by atoms with Gasteiger partial charge in [-0.2, -0.15) is 18.2 Å². The number of nitrogens with zero attached hydrogens (tertiary/aromatic N) is 2. The molecule has 1 aliphatic carbocycles. The molecule has 1 aromatic rings. The number of carboxylic acids is 1. The Morgan fingerprint density at radius 3 is 2.48 bits per heavy atom. The summed E-state index contributed by atoms with van der Waals surface area (Å²) in [6.45, 7) is 2.63. The number of hydrogen-bond acceptors (Lipinski definition) is 6. The number of hydrogen-bond donors (Lipinski definition) is 1. The van der Waals surface area contributed by atoms with E-state index in [4.69, 9.17) is 14.2 Å². The molecule has 3 rings (SSSR count). The van der Waals surface area contributed by atoms with E-state index in [-0.39, 0.29) is 24.1 Å². The molecule has 1 unspecified atom stereocenters. The molecule has 1 saturated heterocycles. The normalized spacial score (nSPS) is 21.3. The number of alkyl halides is 3. The molecule has 7 nitrogen and oxygen atoms in total. The Balaban J connectivity index is 1.79. The highest BCUT2D eigenvalue weighted by atomic mass is 19.4. The summed E-state index contributed by atoms with van der Waals surface area (Å²) in [6.07, 6.45) is -2.81. The predicted molar refractivity (Wildman–Crippen MR) is 85.2 cm³/mol. The van der Waals surface area contributed by atoms with E-state index in [1.165, 1.54) is 6.07 Å². The van der Waals surface area contributed by atoms with E-state index in [1.54, 1.807) is 6.92 Å². The third-order valence-electron chi connectivity index (χ3n) is 4.83. The van der Waals surface area contributed by atoms with Crippen LogP contribution in [-0.4, -0.2) is 46.1 Å². The summed E-state index contributed by atoms with van der Waals surface area (Å²) in [6, 6.07) is 1.18. The lowest BCUT2D eigenvalue weighted by molar-refractivity contribution is -0.186. The van der Waals surface area contributed by atoms with Crippen LogP contribution in [0.15, 0.2) is 6.07 Å². The first-order chi connectivity index (χ1) is 12.7. The van der Waals surface area contributed by atoms with Crippen LogP contribution in [0.4, 0.5) is 13.2 Å². The summed E-state index contributed by atoms with van der Waals surface area (Å²) < 4.78 is 56.3. The third kappa shape index (κ3) is 4.49. The van der Waals surface area contributed by atoms with Crippen molar-refractivity contribution in [3.63, 3.8) is 0 Å². The van der Waals surface area contributed by atoms with E-state index in [1.807, 2.05) is 0 Å². The number of carbonyl (C=O) groups is 1. The highest BCUT2D eigenvalue weighted by Crippen LogP contribution is 2.37. The van der Waals surface area contributed by atoms with Crippen LogP contribution in [0.3, 0.4) is 0 Å². The summed E-state index contributed by atoms with van der Waals surface area (Å²) in [4.78, 5) is 18.2. The van der Waals surface area contributed by atoms with Gasteiger partial charge in [0.15, 0.2) is 5.79 Å². The molecule has 1 N–H and O–H groups in total. The topological polar surface area (TPSA) is 90.8 Å². The van der Waals surface area contributed by atoms with Gasteiger partial charge in [0.1, 0.15) is 6.10 Å². The van der Waals surface area contributed by atoms with Crippen LogP contribution in [0.25, 0.3) is 0 Å². The first kappa shape index (κ1) is 19.8. The lowest BCUT2D eigenvalue weighted by atomic mass is 9.92. The zero-order valence-corrected chi connectivity index (χ0v) is 14.8. The summed E-state index contributed by atoms with van der Waals surface area (Å²) >= 11 is 0. The lowest BCUT2D eigenvalue weighted by Crippen LogP contribution is -2.38. The smallest absolute Gasteiger partial charge is 0.451 e.